The number of hydrogen-bond donors (Lipinski definition) is 2. The summed E-state index contributed by atoms with van der Waals surface area (Å²) in [5.74, 6) is 1.49. The fourth-order valence-electron chi connectivity index (χ4n) is 1.03. The summed E-state index contributed by atoms with van der Waals surface area (Å²) in [6, 6.07) is 4.98. The first-order valence-corrected chi connectivity index (χ1v) is 4.70. The number of nitrogens with one attached hydrogen (secondary N) is 2. The van der Waals surface area contributed by atoms with Crippen LogP contribution in [0.3, 0.4) is 0 Å². The van der Waals surface area contributed by atoms with E-state index in [1.165, 1.54) is 6.07 Å². The molecule has 0 fully saturated rings. The van der Waals surface area contributed by atoms with Gasteiger partial charge in [-0.25, -0.2) is 0 Å². The van der Waals surface area contributed by atoms with E-state index in [1.807, 2.05) is 6.92 Å². The Morgan fingerprint density at radius 1 is 1.57 bits per heavy atom. The Morgan fingerprint density at radius 2 is 2.36 bits per heavy atom. The van der Waals surface area contributed by atoms with Gasteiger partial charge in [0.05, 0.1) is 5.84 Å². The van der Waals surface area contributed by atoms with E-state index in [0.29, 0.717) is 5.82 Å². The zero-order chi connectivity index (χ0) is 10.4. The van der Waals surface area contributed by atoms with Crippen molar-refractivity contribution in [1.29, 1.82) is 0 Å². The van der Waals surface area contributed by atoms with E-state index in [-0.39, 0.29) is 5.56 Å². The summed E-state index contributed by atoms with van der Waals surface area (Å²) in [5, 5.41) is 3.01. The molecule has 0 saturated heterocycles. The number of pyridine rings is 1. The number of aliphatic imine (C=N–C) groups is 1. The smallest absolute Gasteiger partial charge is 0.249 e. The van der Waals surface area contributed by atoms with Gasteiger partial charge in [0.15, 0.2) is 0 Å². The molecule has 1 aromatic heterocycles. The first-order valence-electron chi connectivity index (χ1n) is 4.70. The molecular formula is C10H15N3O. The van der Waals surface area contributed by atoms with Gasteiger partial charge in [-0.15, -0.1) is 0 Å². The van der Waals surface area contributed by atoms with Crippen LogP contribution in [0.1, 0.15) is 20.3 Å². The number of hydrogen-bond acceptors (Lipinski definition) is 2. The van der Waals surface area contributed by atoms with Gasteiger partial charge in [0.25, 0.3) is 0 Å². The van der Waals surface area contributed by atoms with Crippen LogP contribution in [-0.4, -0.2) is 17.4 Å². The van der Waals surface area contributed by atoms with Crippen LogP contribution in [0.5, 0.6) is 0 Å². The van der Waals surface area contributed by atoms with Crippen LogP contribution < -0.4 is 10.9 Å². The van der Waals surface area contributed by atoms with Gasteiger partial charge >= 0.3 is 0 Å². The van der Waals surface area contributed by atoms with E-state index in [0.717, 1.165) is 18.8 Å². The van der Waals surface area contributed by atoms with Crippen molar-refractivity contribution in [3.05, 3.63) is 28.6 Å². The number of amidine groups is 1. The van der Waals surface area contributed by atoms with E-state index in [1.54, 1.807) is 12.1 Å². The number of aromatic nitrogens is 1. The summed E-state index contributed by atoms with van der Waals surface area (Å²) in [4.78, 5) is 17.9. The van der Waals surface area contributed by atoms with Gasteiger partial charge in [-0.1, -0.05) is 13.0 Å². The first-order chi connectivity index (χ1) is 6.72. The van der Waals surface area contributed by atoms with Crippen molar-refractivity contribution in [3.8, 4) is 0 Å². The molecule has 0 atom stereocenters. The summed E-state index contributed by atoms with van der Waals surface area (Å²) in [5.41, 5.74) is -0.113. The average molecular weight is 193 g/mol. The summed E-state index contributed by atoms with van der Waals surface area (Å²) in [6.45, 7) is 4.75. The van der Waals surface area contributed by atoms with Crippen molar-refractivity contribution in [2.24, 2.45) is 4.99 Å². The molecule has 0 aliphatic heterocycles. The monoisotopic (exact) mass is 193 g/mol. The first kappa shape index (κ1) is 10.5. The molecule has 14 heavy (non-hydrogen) atoms. The molecule has 4 heteroatoms. The van der Waals surface area contributed by atoms with Crippen molar-refractivity contribution < 1.29 is 0 Å². The molecule has 0 unspecified atom stereocenters. The van der Waals surface area contributed by atoms with Gasteiger partial charge < -0.3 is 10.3 Å². The van der Waals surface area contributed by atoms with Gasteiger partial charge in [0.2, 0.25) is 5.56 Å². The molecule has 0 aromatic carbocycles. The molecule has 76 valence electrons. The number of anilines is 1. The third-order valence-electron chi connectivity index (χ3n) is 1.66. The Morgan fingerprint density at radius 3 is 3.00 bits per heavy atom. The standard InChI is InChI=1S/C10H15N3O/c1-3-7-11-8(2)12-9-5-4-6-10(14)13-9/h4-6H,3,7H2,1-2H3,(H2,11,12,13,14). The maximum absolute atomic E-state index is 11.0. The molecule has 1 aromatic rings. The third-order valence-corrected chi connectivity index (χ3v) is 1.66. The molecular weight excluding hydrogens is 178 g/mol. The number of nitrogens with zero attached hydrogens (tertiary/aromatic N) is 1. The van der Waals surface area contributed by atoms with Gasteiger partial charge in [0.1, 0.15) is 5.82 Å². The topological polar surface area (TPSA) is 57.2 Å². The van der Waals surface area contributed by atoms with E-state index < -0.39 is 0 Å². The predicted molar refractivity (Wildman–Crippen MR) is 59.0 cm³/mol. The molecule has 0 radical (unpaired) electrons. The van der Waals surface area contributed by atoms with E-state index in [2.05, 4.69) is 22.2 Å². The van der Waals surface area contributed by atoms with Gasteiger partial charge in [-0.05, 0) is 19.4 Å². The lowest BCUT2D eigenvalue weighted by molar-refractivity contribution is 0.930. The molecule has 0 amide bonds. The molecule has 1 rings (SSSR count). The lowest BCUT2D eigenvalue weighted by Gasteiger charge is -2.04. The Hall–Kier alpha value is -1.58. The SMILES string of the molecule is CCCN=C(C)Nc1cccc(=O)[nH]1. The zero-order valence-corrected chi connectivity index (χ0v) is 8.50. The Balaban J connectivity index is 2.64. The highest BCUT2D eigenvalue weighted by Gasteiger charge is 1.93. The highest BCUT2D eigenvalue weighted by atomic mass is 16.1. The second-order valence-corrected chi connectivity index (χ2v) is 3.02. The van der Waals surface area contributed by atoms with Crippen LogP contribution in [0, 0.1) is 0 Å². The Kier molecular flexibility index (Phi) is 3.91. The largest absolute Gasteiger partial charge is 0.331 e. The fourth-order valence-corrected chi connectivity index (χ4v) is 1.03. The van der Waals surface area contributed by atoms with Crippen molar-refractivity contribution in [1.82, 2.24) is 4.98 Å². The van der Waals surface area contributed by atoms with Crippen molar-refractivity contribution in [3.63, 3.8) is 0 Å². The van der Waals surface area contributed by atoms with E-state index in [4.69, 9.17) is 0 Å². The highest BCUT2D eigenvalue weighted by molar-refractivity contribution is 5.92. The molecule has 1 heterocycles. The Labute approximate surface area is 83.1 Å². The molecule has 4 nitrogen and oxygen atoms in total. The molecule has 0 aliphatic carbocycles. The molecule has 2 N–H and O–H groups in total. The summed E-state index contributed by atoms with van der Waals surface area (Å²) >= 11 is 0. The second-order valence-electron chi connectivity index (χ2n) is 3.02. The van der Waals surface area contributed by atoms with Crippen LogP contribution in [0.2, 0.25) is 0 Å². The maximum atomic E-state index is 11.0. The highest BCUT2D eigenvalue weighted by Crippen LogP contribution is 1.97. The molecule has 0 saturated carbocycles. The second kappa shape index (κ2) is 5.21. The normalized spacial score (nSPS) is 11.4. The zero-order valence-electron chi connectivity index (χ0n) is 8.50. The number of rotatable bonds is 3. The minimum absolute atomic E-state index is 0.113. The van der Waals surface area contributed by atoms with Crippen LogP contribution in [0.15, 0.2) is 28.0 Å². The lowest BCUT2D eigenvalue weighted by Crippen LogP contribution is -2.13. The maximum Gasteiger partial charge on any atom is 0.249 e. The van der Waals surface area contributed by atoms with Gasteiger partial charge in [-0.2, -0.15) is 0 Å². The van der Waals surface area contributed by atoms with Crippen LogP contribution in [0.25, 0.3) is 0 Å². The minimum Gasteiger partial charge on any atom is -0.331 e. The summed E-state index contributed by atoms with van der Waals surface area (Å²) < 4.78 is 0. The number of aromatic amines is 1. The lowest BCUT2D eigenvalue weighted by atomic mass is 10.4. The quantitative estimate of drug-likeness (QED) is 0.566. The predicted octanol–water partition coefficient (Wildman–Crippen LogP) is 1.62. The van der Waals surface area contributed by atoms with E-state index >= 15 is 0 Å². The van der Waals surface area contributed by atoms with Crippen molar-refractivity contribution in [2.45, 2.75) is 20.3 Å². The van der Waals surface area contributed by atoms with Gasteiger partial charge in [0, 0.05) is 12.6 Å². The van der Waals surface area contributed by atoms with Gasteiger partial charge in [-0.3, -0.25) is 9.79 Å². The summed E-state index contributed by atoms with van der Waals surface area (Å²) in [6.07, 6.45) is 1.02. The number of H-pyrrole nitrogens is 1. The molecule has 0 aliphatic rings. The summed E-state index contributed by atoms with van der Waals surface area (Å²) in [7, 11) is 0. The minimum atomic E-state index is -0.113. The molecule has 0 spiro atoms. The fraction of sp³-hybridized carbons (Fsp3) is 0.400. The van der Waals surface area contributed by atoms with E-state index in [9.17, 15) is 4.79 Å². The average Bonchev–Trinajstić information content (AvgIpc) is 2.15. The third kappa shape index (κ3) is 3.43. The van der Waals surface area contributed by atoms with Crippen LogP contribution in [0.4, 0.5) is 5.82 Å². The van der Waals surface area contributed by atoms with Crippen molar-refractivity contribution >= 4 is 11.7 Å². The molecule has 0 bridgehead atoms. The van der Waals surface area contributed by atoms with Crippen molar-refractivity contribution in [2.75, 3.05) is 11.9 Å². The Bertz CT molecular complexity index is 368. The van der Waals surface area contributed by atoms with Crippen LogP contribution in [-0.2, 0) is 0 Å². The van der Waals surface area contributed by atoms with Crippen LogP contribution >= 0.6 is 0 Å².